The summed E-state index contributed by atoms with van der Waals surface area (Å²) in [6.07, 6.45) is -1.74. The van der Waals surface area contributed by atoms with Crippen LogP contribution in [-0.2, 0) is 14.3 Å². The Morgan fingerprint density at radius 1 is 0.973 bits per heavy atom. The normalized spacial score (nSPS) is 26.5. The minimum absolute atomic E-state index is 0.00346. The standard InChI is InChI=1S/C26H20ClN5O5/c27-16-10-17-22(29-19(16)15-8-6-14(7-9-15)13-4-2-1-3-5-13)30-25(28-17)37-18-11-35-21-20(18)36-12-26(21)23(33)31-24(34)32-26/h1-10,18,20-21H,11-12H2,(H,28,29,30)(H2,31,32,33,34)/t18-,20-,21+,26?/m1/s1. The maximum atomic E-state index is 12.4. The molecule has 0 bridgehead atoms. The van der Waals surface area contributed by atoms with Crippen LogP contribution < -0.4 is 15.4 Å². The van der Waals surface area contributed by atoms with Gasteiger partial charge in [-0.1, -0.05) is 66.2 Å². The lowest BCUT2D eigenvalue weighted by atomic mass is 9.92. The summed E-state index contributed by atoms with van der Waals surface area (Å²) in [4.78, 5) is 36.3. The number of hydrogen-bond donors (Lipinski definition) is 3. The van der Waals surface area contributed by atoms with Crippen molar-refractivity contribution in [3.8, 4) is 28.4 Å². The number of carbonyl (C=O) groups is 2. The molecular weight excluding hydrogens is 498 g/mol. The number of aromatic nitrogens is 3. The van der Waals surface area contributed by atoms with E-state index in [1.54, 1.807) is 6.07 Å². The van der Waals surface area contributed by atoms with Crippen LogP contribution in [0, 0.1) is 0 Å². The fourth-order valence-electron chi connectivity index (χ4n) is 5.17. The molecule has 2 aromatic heterocycles. The molecule has 4 aromatic rings. The lowest BCUT2D eigenvalue weighted by Gasteiger charge is -2.23. The van der Waals surface area contributed by atoms with Gasteiger partial charge in [-0.15, -0.1) is 0 Å². The van der Waals surface area contributed by atoms with Crippen LogP contribution in [0.2, 0.25) is 5.02 Å². The third-order valence-electron chi connectivity index (χ3n) is 7.00. The van der Waals surface area contributed by atoms with Crippen LogP contribution in [0.4, 0.5) is 4.79 Å². The van der Waals surface area contributed by atoms with Crippen molar-refractivity contribution in [3.63, 3.8) is 0 Å². The van der Waals surface area contributed by atoms with Gasteiger partial charge in [0.15, 0.2) is 17.3 Å². The molecule has 4 atom stereocenters. The van der Waals surface area contributed by atoms with Crippen molar-refractivity contribution in [1.82, 2.24) is 25.6 Å². The molecule has 10 nitrogen and oxygen atoms in total. The number of fused-ring (bicyclic) bond motifs is 3. The molecule has 3 aliphatic heterocycles. The van der Waals surface area contributed by atoms with E-state index in [9.17, 15) is 9.59 Å². The van der Waals surface area contributed by atoms with Crippen molar-refractivity contribution in [2.75, 3.05) is 13.2 Å². The van der Waals surface area contributed by atoms with Crippen LogP contribution in [0.15, 0.2) is 60.7 Å². The number of rotatable bonds is 4. The van der Waals surface area contributed by atoms with Gasteiger partial charge in [-0.25, -0.2) is 9.78 Å². The number of H-pyrrole nitrogens is 1. The third kappa shape index (κ3) is 3.56. The first-order valence-corrected chi connectivity index (χ1v) is 12.1. The molecule has 3 N–H and O–H groups in total. The second kappa shape index (κ2) is 8.27. The molecule has 0 saturated carbocycles. The summed E-state index contributed by atoms with van der Waals surface area (Å²) in [6.45, 7) is 0.175. The molecule has 3 aliphatic rings. The zero-order chi connectivity index (χ0) is 25.1. The Morgan fingerprint density at radius 3 is 2.49 bits per heavy atom. The number of nitrogens with zero attached hydrogens (tertiary/aromatic N) is 2. The van der Waals surface area contributed by atoms with Gasteiger partial charge in [0.1, 0.15) is 12.2 Å². The minimum Gasteiger partial charge on any atom is -0.456 e. The number of carbonyl (C=O) groups excluding carboxylic acids is 2. The van der Waals surface area contributed by atoms with Crippen LogP contribution in [0.1, 0.15) is 0 Å². The van der Waals surface area contributed by atoms with Crippen molar-refractivity contribution in [1.29, 1.82) is 0 Å². The first-order chi connectivity index (χ1) is 18.0. The number of hydrogen-bond acceptors (Lipinski definition) is 7. The maximum absolute atomic E-state index is 12.4. The molecule has 1 spiro atoms. The number of halogens is 1. The predicted octanol–water partition coefficient (Wildman–Crippen LogP) is 3.07. The molecule has 11 heteroatoms. The van der Waals surface area contributed by atoms with Gasteiger partial charge in [0.2, 0.25) is 0 Å². The van der Waals surface area contributed by atoms with E-state index < -0.39 is 35.8 Å². The molecule has 1 unspecified atom stereocenters. The molecule has 3 amide bonds. The van der Waals surface area contributed by atoms with Gasteiger partial charge in [0.05, 0.1) is 29.4 Å². The highest BCUT2D eigenvalue weighted by atomic mass is 35.5. The molecule has 186 valence electrons. The average molecular weight is 518 g/mol. The minimum atomic E-state index is -1.24. The zero-order valence-electron chi connectivity index (χ0n) is 19.2. The summed E-state index contributed by atoms with van der Waals surface area (Å²) in [7, 11) is 0. The summed E-state index contributed by atoms with van der Waals surface area (Å²) >= 11 is 6.58. The monoisotopic (exact) mass is 517 g/mol. The number of benzene rings is 2. The van der Waals surface area contributed by atoms with Crippen molar-refractivity contribution >= 4 is 34.7 Å². The molecule has 0 radical (unpaired) electrons. The van der Waals surface area contributed by atoms with Crippen molar-refractivity contribution in [3.05, 3.63) is 65.7 Å². The lowest BCUT2D eigenvalue weighted by Crippen LogP contribution is -2.57. The van der Waals surface area contributed by atoms with Gasteiger partial charge < -0.3 is 24.5 Å². The van der Waals surface area contributed by atoms with Gasteiger partial charge in [0.25, 0.3) is 11.9 Å². The maximum Gasteiger partial charge on any atom is 0.322 e. The summed E-state index contributed by atoms with van der Waals surface area (Å²) in [5.74, 6) is -0.461. The Balaban J connectivity index is 1.12. The number of pyridine rings is 1. The van der Waals surface area contributed by atoms with Gasteiger partial charge in [-0.05, 0) is 17.2 Å². The number of nitrogens with one attached hydrogen (secondary N) is 3. The van der Waals surface area contributed by atoms with Crippen LogP contribution in [-0.4, -0.2) is 64.0 Å². The fraction of sp³-hybridized carbons (Fsp3) is 0.231. The molecule has 0 aliphatic carbocycles. The Kier molecular flexibility index (Phi) is 4.97. The molecule has 3 fully saturated rings. The fourth-order valence-corrected chi connectivity index (χ4v) is 5.43. The Labute approximate surface area is 215 Å². The van der Waals surface area contributed by atoms with Crippen LogP contribution >= 0.6 is 11.6 Å². The van der Waals surface area contributed by atoms with E-state index in [0.717, 1.165) is 16.7 Å². The van der Waals surface area contributed by atoms with Crippen molar-refractivity contribution in [2.45, 2.75) is 23.9 Å². The number of aromatic amines is 1. The lowest BCUT2D eigenvalue weighted by molar-refractivity contribution is -0.127. The first-order valence-electron chi connectivity index (χ1n) is 11.8. The second-order valence-electron chi connectivity index (χ2n) is 9.24. The van der Waals surface area contributed by atoms with E-state index >= 15 is 0 Å². The molecule has 7 rings (SSSR count). The number of imidazole rings is 1. The zero-order valence-corrected chi connectivity index (χ0v) is 20.0. The number of urea groups is 1. The van der Waals surface area contributed by atoms with Gasteiger partial charge in [-0.2, -0.15) is 4.98 Å². The topological polar surface area (TPSA) is 127 Å². The largest absolute Gasteiger partial charge is 0.456 e. The highest BCUT2D eigenvalue weighted by molar-refractivity contribution is 6.33. The predicted molar refractivity (Wildman–Crippen MR) is 133 cm³/mol. The van der Waals surface area contributed by atoms with Crippen molar-refractivity contribution in [2.24, 2.45) is 0 Å². The van der Waals surface area contributed by atoms with Crippen molar-refractivity contribution < 1.29 is 23.8 Å². The molecular formula is C26H20ClN5O5. The molecule has 37 heavy (non-hydrogen) atoms. The highest BCUT2D eigenvalue weighted by Crippen LogP contribution is 2.38. The molecule has 2 aromatic carbocycles. The number of amides is 3. The number of ether oxygens (including phenoxy) is 3. The Morgan fingerprint density at radius 2 is 1.73 bits per heavy atom. The van der Waals surface area contributed by atoms with Crippen LogP contribution in [0.25, 0.3) is 33.5 Å². The third-order valence-corrected chi connectivity index (χ3v) is 7.28. The summed E-state index contributed by atoms with van der Waals surface area (Å²) in [6, 6.07) is 19.6. The first kappa shape index (κ1) is 22.2. The second-order valence-corrected chi connectivity index (χ2v) is 9.65. The average Bonchev–Trinajstić information content (AvgIpc) is 3.65. The van der Waals surface area contributed by atoms with E-state index in [-0.39, 0.29) is 19.2 Å². The molecule has 3 saturated heterocycles. The van der Waals surface area contributed by atoms with E-state index in [1.807, 2.05) is 42.5 Å². The smallest absolute Gasteiger partial charge is 0.322 e. The van der Waals surface area contributed by atoms with Gasteiger partial charge in [-0.3, -0.25) is 10.1 Å². The van der Waals surface area contributed by atoms with E-state index in [2.05, 4.69) is 37.7 Å². The van der Waals surface area contributed by atoms with Gasteiger partial charge in [0, 0.05) is 5.56 Å². The highest BCUT2D eigenvalue weighted by Gasteiger charge is 2.64. The van der Waals surface area contributed by atoms with Crippen LogP contribution in [0.5, 0.6) is 6.01 Å². The van der Waals surface area contributed by atoms with E-state index in [0.29, 0.717) is 21.9 Å². The number of imide groups is 1. The van der Waals surface area contributed by atoms with E-state index in [4.69, 9.17) is 25.8 Å². The summed E-state index contributed by atoms with van der Waals surface area (Å²) < 4.78 is 17.7. The molecule has 5 heterocycles. The SMILES string of the molecule is O=C1NC(=O)C2(CO[C@@H]3[C@H](Oc4nc5nc(-c6ccc(-c7ccccc7)cc6)c(Cl)cc5[nH]4)CO[C@@H]32)N1. The summed E-state index contributed by atoms with van der Waals surface area (Å²) in [5.41, 5.74) is 3.53. The summed E-state index contributed by atoms with van der Waals surface area (Å²) in [5, 5.41) is 5.37. The Bertz CT molecular complexity index is 1540. The quantitative estimate of drug-likeness (QED) is 0.355. The van der Waals surface area contributed by atoms with Gasteiger partial charge >= 0.3 is 6.03 Å². The van der Waals surface area contributed by atoms with E-state index in [1.165, 1.54) is 0 Å². The van der Waals surface area contributed by atoms with Crippen LogP contribution in [0.3, 0.4) is 0 Å². The Hall–Kier alpha value is -3.99.